The van der Waals surface area contributed by atoms with Crippen LogP contribution in [0, 0.1) is 6.92 Å². The van der Waals surface area contributed by atoms with Crippen molar-refractivity contribution in [3.05, 3.63) is 87.8 Å². The van der Waals surface area contributed by atoms with E-state index in [0.717, 1.165) is 22.2 Å². The van der Waals surface area contributed by atoms with E-state index in [1.54, 1.807) is 25.6 Å². The van der Waals surface area contributed by atoms with Crippen molar-refractivity contribution in [3.63, 3.8) is 0 Å². The molecule has 0 saturated carbocycles. The van der Waals surface area contributed by atoms with E-state index in [1.807, 2.05) is 49.4 Å². The number of fused-ring (bicyclic) bond motifs is 1. The highest BCUT2D eigenvalue weighted by Crippen LogP contribution is 2.33. The predicted molar refractivity (Wildman–Crippen MR) is 128 cm³/mol. The molecule has 0 aliphatic heterocycles. The molecule has 0 spiro atoms. The van der Waals surface area contributed by atoms with E-state index in [9.17, 15) is 4.79 Å². The van der Waals surface area contributed by atoms with Gasteiger partial charge < -0.3 is 9.30 Å². The Morgan fingerprint density at radius 2 is 1.85 bits per heavy atom. The Hall–Kier alpha value is -3.62. The summed E-state index contributed by atoms with van der Waals surface area (Å²) in [6.07, 6.45) is 3.26. The number of nitrogens with zero attached hydrogens (tertiary/aromatic N) is 5. The normalized spacial score (nSPS) is 11.1. The number of hydrogen-bond acceptors (Lipinski definition) is 7. The second kappa shape index (κ2) is 8.73. The summed E-state index contributed by atoms with van der Waals surface area (Å²) in [5.74, 6) is 0.925. The van der Waals surface area contributed by atoms with Crippen LogP contribution in [0.25, 0.3) is 21.7 Å². The van der Waals surface area contributed by atoms with Crippen molar-refractivity contribution < 1.29 is 9.53 Å². The molecule has 0 bridgehead atoms. The summed E-state index contributed by atoms with van der Waals surface area (Å²) in [6.45, 7) is 2.54. The summed E-state index contributed by atoms with van der Waals surface area (Å²) < 4.78 is 7.55. The lowest BCUT2D eigenvalue weighted by atomic mass is 10.1. The summed E-state index contributed by atoms with van der Waals surface area (Å²) in [7, 11) is 1.61. The Morgan fingerprint density at radius 1 is 1.09 bits per heavy atom. The third-order valence-corrected chi connectivity index (χ3v) is 6.56. The number of methoxy groups -OCH3 is 1. The average molecular weight is 476 g/mol. The van der Waals surface area contributed by atoms with Gasteiger partial charge in [-0.2, -0.15) is 0 Å². The molecule has 0 saturated heterocycles. The number of ether oxygens (including phenoxy) is 1. The number of halogens is 1. The summed E-state index contributed by atoms with van der Waals surface area (Å²) in [5, 5.41) is 10.6. The minimum absolute atomic E-state index is 0.194. The summed E-state index contributed by atoms with van der Waals surface area (Å²) in [6, 6.07) is 15.2. The van der Waals surface area contributed by atoms with Crippen LogP contribution in [0.4, 0.5) is 0 Å². The van der Waals surface area contributed by atoms with Crippen LogP contribution in [0.15, 0.2) is 60.9 Å². The molecule has 164 valence electrons. The Balaban J connectivity index is 1.61. The van der Waals surface area contributed by atoms with Gasteiger partial charge in [-0.3, -0.25) is 4.79 Å². The topological polar surface area (TPSA) is 82.8 Å². The number of hydrogen-bond donors (Lipinski definition) is 0. The molecular weight excluding hydrogens is 458 g/mol. The third-order valence-electron chi connectivity index (χ3n) is 5.39. The maximum Gasteiger partial charge on any atom is 0.225 e. The first-order valence-electron chi connectivity index (χ1n) is 10.1. The van der Waals surface area contributed by atoms with Gasteiger partial charge in [0.15, 0.2) is 15.8 Å². The number of aromatic nitrogens is 5. The highest BCUT2D eigenvalue weighted by molar-refractivity contribution is 7.16. The molecular formula is C24H18ClN5O2S. The van der Waals surface area contributed by atoms with Crippen molar-refractivity contribution in [2.24, 2.45) is 0 Å². The first-order valence-corrected chi connectivity index (χ1v) is 11.3. The van der Waals surface area contributed by atoms with Crippen molar-refractivity contribution >= 4 is 39.6 Å². The zero-order chi connectivity index (χ0) is 22.9. The Labute approximate surface area is 198 Å². The quantitative estimate of drug-likeness (QED) is 0.314. The van der Waals surface area contributed by atoms with Crippen molar-refractivity contribution in [2.75, 3.05) is 7.11 Å². The molecule has 7 nitrogen and oxygen atoms in total. The standard InChI is InChI=1S/C24H18ClN5O2S/c1-14-20(21(31)23-28-29-24(33-23)22-26-10-3-11-27-22)18-12-17(32-2)8-9-19(18)30(14)13-15-4-6-16(25)7-5-15/h3-12H,13H2,1-2H3. The van der Waals surface area contributed by atoms with Gasteiger partial charge in [-0.15, -0.1) is 10.2 Å². The van der Waals surface area contributed by atoms with Crippen LogP contribution in [0.3, 0.4) is 0 Å². The SMILES string of the molecule is COc1ccc2c(c1)c(C(=O)c1nnc(-c3ncccn3)s1)c(C)n2Cc1ccc(Cl)cc1. The molecule has 5 rings (SSSR count). The minimum Gasteiger partial charge on any atom is -0.497 e. The number of rotatable bonds is 6. The van der Waals surface area contributed by atoms with Crippen LogP contribution in [-0.4, -0.2) is 37.6 Å². The number of carbonyl (C=O) groups is 1. The van der Waals surface area contributed by atoms with Crippen LogP contribution >= 0.6 is 22.9 Å². The van der Waals surface area contributed by atoms with E-state index >= 15 is 0 Å². The Bertz CT molecular complexity index is 1460. The second-order valence-electron chi connectivity index (χ2n) is 7.37. The molecule has 2 aromatic carbocycles. The largest absolute Gasteiger partial charge is 0.497 e. The van der Waals surface area contributed by atoms with Crippen molar-refractivity contribution in [3.8, 4) is 16.6 Å². The van der Waals surface area contributed by atoms with E-state index in [-0.39, 0.29) is 10.8 Å². The molecule has 0 unspecified atom stereocenters. The molecule has 0 atom stereocenters. The van der Waals surface area contributed by atoms with E-state index in [4.69, 9.17) is 16.3 Å². The van der Waals surface area contributed by atoms with Gasteiger partial charge in [0.1, 0.15) is 5.75 Å². The molecule has 33 heavy (non-hydrogen) atoms. The van der Waals surface area contributed by atoms with Gasteiger partial charge >= 0.3 is 0 Å². The summed E-state index contributed by atoms with van der Waals surface area (Å²) in [5.41, 5.74) is 3.43. The maximum atomic E-state index is 13.6. The fourth-order valence-corrected chi connectivity index (χ4v) is 4.64. The molecule has 9 heteroatoms. The molecule has 0 N–H and O–H groups in total. The Morgan fingerprint density at radius 3 is 2.58 bits per heavy atom. The highest BCUT2D eigenvalue weighted by atomic mass is 35.5. The van der Waals surface area contributed by atoms with Gasteiger partial charge in [0.25, 0.3) is 0 Å². The first kappa shape index (κ1) is 21.2. The molecule has 0 radical (unpaired) electrons. The van der Waals surface area contributed by atoms with Crippen LogP contribution in [0.2, 0.25) is 5.02 Å². The lowest BCUT2D eigenvalue weighted by molar-refractivity contribution is 0.103. The fraction of sp³-hybridized carbons (Fsp3) is 0.125. The third kappa shape index (κ3) is 3.99. The van der Waals surface area contributed by atoms with Crippen LogP contribution in [0.1, 0.15) is 26.6 Å². The average Bonchev–Trinajstić information content (AvgIpc) is 3.44. The van der Waals surface area contributed by atoms with E-state index in [2.05, 4.69) is 24.7 Å². The second-order valence-corrected chi connectivity index (χ2v) is 8.78. The van der Waals surface area contributed by atoms with Gasteiger partial charge in [0, 0.05) is 40.6 Å². The number of carbonyl (C=O) groups excluding carboxylic acids is 1. The van der Waals surface area contributed by atoms with Crippen LogP contribution in [-0.2, 0) is 6.54 Å². The van der Waals surface area contributed by atoms with Crippen LogP contribution < -0.4 is 4.74 Å². The Kier molecular flexibility index (Phi) is 5.62. The summed E-state index contributed by atoms with van der Waals surface area (Å²) in [4.78, 5) is 22.0. The lowest BCUT2D eigenvalue weighted by Gasteiger charge is -2.09. The fourth-order valence-electron chi connectivity index (χ4n) is 3.77. The molecule has 0 fully saturated rings. The molecule has 3 heterocycles. The predicted octanol–water partition coefficient (Wildman–Crippen LogP) is 5.20. The molecule has 5 aromatic rings. The number of benzene rings is 2. The maximum absolute atomic E-state index is 13.6. The monoisotopic (exact) mass is 475 g/mol. The summed E-state index contributed by atoms with van der Waals surface area (Å²) >= 11 is 7.23. The lowest BCUT2D eigenvalue weighted by Crippen LogP contribution is -2.06. The van der Waals surface area contributed by atoms with E-state index in [0.29, 0.717) is 33.7 Å². The zero-order valence-electron chi connectivity index (χ0n) is 17.8. The molecule has 0 aliphatic carbocycles. The molecule has 3 aromatic heterocycles. The molecule has 0 amide bonds. The van der Waals surface area contributed by atoms with Gasteiger partial charge in [-0.05, 0) is 48.9 Å². The van der Waals surface area contributed by atoms with Gasteiger partial charge in [0.2, 0.25) is 5.78 Å². The van der Waals surface area contributed by atoms with Crippen molar-refractivity contribution in [2.45, 2.75) is 13.5 Å². The zero-order valence-corrected chi connectivity index (χ0v) is 19.4. The minimum atomic E-state index is -0.194. The van der Waals surface area contributed by atoms with Crippen molar-refractivity contribution in [1.29, 1.82) is 0 Å². The van der Waals surface area contributed by atoms with Crippen LogP contribution in [0.5, 0.6) is 5.75 Å². The van der Waals surface area contributed by atoms with Gasteiger partial charge in [-0.1, -0.05) is 35.1 Å². The van der Waals surface area contributed by atoms with Gasteiger partial charge in [-0.25, -0.2) is 9.97 Å². The smallest absolute Gasteiger partial charge is 0.225 e. The molecule has 0 aliphatic rings. The van der Waals surface area contributed by atoms with Gasteiger partial charge in [0.05, 0.1) is 12.7 Å². The number of ketones is 1. The van der Waals surface area contributed by atoms with E-state index < -0.39 is 0 Å². The van der Waals surface area contributed by atoms with E-state index in [1.165, 1.54) is 11.3 Å². The van der Waals surface area contributed by atoms with Crippen molar-refractivity contribution in [1.82, 2.24) is 24.7 Å². The first-order chi connectivity index (χ1) is 16.0. The highest BCUT2D eigenvalue weighted by Gasteiger charge is 2.25.